The first-order valence-corrected chi connectivity index (χ1v) is 5.86. The van der Waals surface area contributed by atoms with Crippen LogP contribution in [0.3, 0.4) is 0 Å². The zero-order valence-corrected chi connectivity index (χ0v) is 10.7. The van der Waals surface area contributed by atoms with Gasteiger partial charge in [0.1, 0.15) is 0 Å². The molecule has 0 atom stereocenters. The molecule has 0 unspecified atom stereocenters. The predicted molar refractivity (Wildman–Crippen MR) is 73.3 cm³/mol. The van der Waals surface area contributed by atoms with E-state index in [1.54, 1.807) is 12.1 Å². The van der Waals surface area contributed by atoms with Gasteiger partial charge in [-0.05, 0) is 24.3 Å². The van der Waals surface area contributed by atoms with Gasteiger partial charge in [0.2, 0.25) is 0 Å². The Balaban J connectivity index is 2.26. The highest BCUT2D eigenvalue weighted by molar-refractivity contribution is 6.05. The molecule has 4 N–H and O–H groups in total. The Labute approximate surface area is 118 Å². The molecule has 0 saturated carbocycles. The minimum absolute atomic E-state index is 0.136. The lowest BCUT2D eigenvalue weighted by atomic mass is 10.1. The Bertz CT molecular complexity index is 717. The van der Waals surface area contributed by atoms with Crippen LogP contribution in [-0.4, -0.2) is 17.0 Å². The van der Waals surface area contributed by atoms with E-state index in [-0.39, 0.29) is 5.84 Å². The Morgan fingerprint density at radius 3 is 2.62 bits per heavy atom. The van der Waals surface area contributed by atoms with Crippen molar-refractivity contribution in [1.29, 1.82) is 0 Å². The predicted octanol–water partition coefficient (Wildman–Crippen LogP) is 2.31. The molecule has 2 rings (SSSR count). The molecule has 2 aromatic carbocycles. The molecule has 0 aliphatic rings. The van der Waals surface area contributed by atoms with Crippen LogP contribution < -0.4 is 11.1 Å². The van der Waals surface area contributed by atoms with Crippen LogP contribution in [0.25, 0.3) is 0 Å². The van der Waals surface area contributed by atoms with Crippen molar-refractivity contribution in [1.82, 2.24) is 0 Å². The number of hydrogen-bond acceptors (Lipinski definition) is 3. The van der Waals surface area contributed by atoms with Gasteiger partial charge in [-0.1, -0.05) is 23.4 Å². The van der Waals surface area contributed by atoms with Crippen LogP contribution >= 0.6 is 0 Å². The molecule has 0 bridgehead atoms. The number of rotatable bonds is 3. The number of hydrogen-bond donors (Lipinski definition) is 3. The van der Waals surface area contributed by atoms with Gasteiger partial charge in [0.05, 0.1) is 5.56 Å². The molecule has 7 heteroatoms. The van der Waals surface area contributed by atoms with Gasteiger partial charge in [-0.15, -0.1) is 0 Å². The van der Waals surface area contributed by atoms with Gasteiger partial charge in [0.15, 0.2) is 17.5 Å². The summed E-state index contributed by atoms with van der Waals surface area (Å²) in [7, 11) is 0. The number of carbonyl (C=O) groups excluding carboxylic acids is 1. The molecular weight excluding hydrogens is 280 g/mol. The number of nitrogens with two attached hydrogens (primary N) is 1. The van der Waals surface area contributed by atoms with Gasteiger partial charge in [0, 0.05) is 11.3 Å². The molecule has 0 fully saturated rings. The molecule has 0 spiro atoms. The molecule has 21 heavy (non-hydrogen) atoms. The van der Waals surface area contributed by atoms with Crippen molar-refractivity contribution in [2.75, 3.05) is 5.32 Å². The molecular formula is C14H11F2N3O2. The fourth-order valence-corrected chi connectivity index (χ4v) is 1.69. The van der Waals surface area contributed by atoms with Crippen molar-refractivity contribution in [2.45, 2.75) is 0 Å². The van der Waals surface area contributed by atoms with Gasteiger partial charge in [-0.25, -0.2) is 8.78 Å². The zero-order chi connectivity index (χ0) is 15.4. The van der Waals surface area contributed by atoms with E-state index < -0.39 is 23.1 Å². The van der Waals surface area contributed by atoms with Crippen molar-refractivity contribution >= 4 is 17.4 Å². The quantitative estimate of drug-likeness (QED) is 0.351. The Morgan fingerprint density at radius 1 is 1.19 bits per heavy atom. The molecule has 5 nitrogen and oxygen atoms in total. The van der Waals surface area contributed by atoms with Crippen LogP contribution in [0.1, 0.15) is 15.9 Å². The molecule has 0 saturated heterocycles. The third-order valence-corrected chi connectivity index (χ3v) is 2.72. The average Bonchev–Trinajstić information content (AvgIpc) is 2.49. The van der Waals surface area contributed by atoms with Gasteiger partial charge >= 0.3 is 0 Å². The van der Waals surface area contributed by atoms with Crippen LogP contribution in [0.4, 0.5) is 14.5 Å². The first-order chi connectivity index (χ1) is 10.0. The number of nitrogens with zero attached hydrogens (tertiary/aromatic N) is 1. The van der Waals surface area contributed by atoms with Crippen LogP contribution in [0.15, 0.2) is 47.6 Å². The number of anilines is 1. The number of amides is 1. The molecule has 0 heterocycles. The van der Waals surface area contributed by atoms with E-state index in [1.165, 1.54) is 24.3 Å². The van der Waals surface area contributed by atoms with Crippen LogP contribution in [0.5, 0.6) is 0 Å². The molecule has 0 radical (unpaired) electrons. The van der Waals surface area contributed by atoms with Crippen LogP contribution in [-0.2, 0) is 0 Å². The summed E-state index contributed by atoms with van der Waals surface area (Å²) in [5.41, 5.74) is 5.68. The number of halogens is 2. The minimum atomic E-state index is -1.22. The van der Waals surface area contributed by atoms with E-state index in [2.05, 4.69) is 10.5 Å². The van der Waals surface area contributed by atoms with Crippen LogP contribution in [0, 0.1) is 11.6 Å². The number of nitrogens with one attached hydrogen (secondary N) is 1. The monoisotopic (exact) mass is 291 g/mol. The highest BCUT2D eigenvalue weighted by Crippen LogP contribution is 2.15. The highest BCUT2D eigenvalue weighted by Gasteiger charge is 2.15. The largest absolute Gasteiger partial charge is 0.409 e. The van der Waals surface area contributed by atoms with Crippen molar-refractivity contribution < 1.29 is 18.8 Å². The number of carbonyl (C=O) groups is 1. The SMILES string of the molecule is NC(=NO)c1cccc(NC(=O)c2cccc(F)c2F)c1. The van der Waals surface area contributed by atoms with Crippen LogP contribution in [0.2, 0.25) is 0 Å². The number of amidine groups is 1. The summed E-state index contributed by atoms with van der Waals surface area (Å²) in [5.74, 6) is -3.26. The fraction of sp³-hybridized carbons (Fsp3) is 0. The van der Waals surface area contributed by atoms with Gasteiger partial charge in [0.25, 0.3) is 5.91 Å². The number of benzene rings is 2. The van der Waals surface area contributed by atoms with E-state index in [4.69, 9.17) is 10.9 Å². The Hall–Kier alpha value is -2.96. The third-order valence-electron chi connectivity index (χ3n) is 2.72. The summed E-state index contributed by atoms with van der Waals surface area (Å²) in [4.78, 5) is 11.9. The lowest BCUT2D eigenvalue weighted by Gasteiger charge is -2.08. The third kappa shape index (κ3) is 3.14. The smallest absolute Gasteiger partial charge is 0.258 e. The summed E-state index contributed by atoms with van der Waals surface area (Å²) < 4.78 is 26.6. The highest BCUT2D eigenvalue weighted by atomic mass is 19.2. The van der Waals surface area contributed by atoms with Crippen molar-refractivity contribution in [3.8, 4) is 0 Å². The zero-order valence-electron chi connectivity index (χ0n) is 10.7. The summed E-state index contributed by atoms with van der Waals surface area (Å²) >= 11 is 0. The van der Waals surface area contributed by atoms with E-state index in [1.807, 2.05) is 0 Å². The topological polar surface area (TPSA) is 87.7 Å². The fourth-order valence-electron chi connectivity index (χ4n) is 1.69. The van der Waals surface area contributed by atoms with Gasteiger partial charge in [-0.3, -0.25) is 4.79 Å². The van der Waals surface area contributed by atoms with Crippen molar-refractivity contribution in [2.24, 2.45) is 10.9 Å². The van der Waals surface area contributed by atoms with Gasteiger partial charge in [-0.2, -0.15) is 0 Å². The molecule has 2 aromatic rings. The average molecular weight is 291 g/mol. The lowest BCUT2D eigenvalue weighted by Crippen LogP contribution is -2.16. The first-order valence-electron chi connectivity index (χ1n) is 5.86. The normalized spacial score (nSPS) is 11.2. The van der Waals surface area contributed by atoms with E-state index in [0.29, 0.717) is 11.3 Å². The van der Waals surface area contributed by atoms with Crippen molar-refractivity contribution in [3.05, 3.63) is 65.2 Å². The maximum atomic E-state index is 13.5. The molecule has 0 aliphatic carbocycles. The van der Waals surface area contributed by atoms with Crippen molar-refractivity contribution in [3.63, 3.8) is 0 Å². The lowest BCUT2D eigenvalue weighted by molar-refractivity contribution is 0.102. The van der Waals surface area contributed by atoms with E-state index >= 15 is 0 Å². The molecule has 108 valence electrons. The Kier molecular flexibility index (Phi) is 4.13. The Morgan fingerprint density at radius 2 is 1.90 bits per heavy atom. The maximum Gasteiger partial charge on any atom is 0.258 e. The molecule has 0 aromatic heterocycles. The molecule has 0 aliphatic heterocycles. The standard InChI is InChI=1S/C14H11F2N3O2/c15-11-6-2-5-10(12(11)16)14(20)18-9-4-1-3-8(7-9)13(17)19-21/h1-7,21H,(H2,17,19)(H,18,20). The summed E-state index contributed by atoms with van der Waals surface area (Å²) in [6.45, 7) is 0. The minimum Gasteiger partial charge on any atom is -0.409 e. The molecule has 1 amide bonds. The second kappa shape index (κ2) is 6.00. The second-order valence-electron chi connectivity index (χ2n) is 4.12. The summed E-state index contributed by atoms with van der Waals surface area (Å²) in [6.07, 6.45) is 0. The second-order valence-corrected chi connectivity index (χ2v) is 4.12. The number of oxime groups is 1. The van der Waals surface area contributed by atoms with E-state index in [0.717, 1.165) is 6.07 Å². The van der Waals surface area contributed by atoms with Gasteiger partial charge < -0.3 is 16.3 Å². The van der Waals surface area contributed by atoms with E-state index in [9.17, 15) is 13.6 Å². The summed E-state index contributed by atoms with van der Waals surface area (Å²) in [5, 5.41) is 13.8. The first kappa shape index (κ1) is 14.4. The maximum absolute atomic E-state index is 13.5. The summed E-state index contributed by atoms with van der Waals surface area (Å²) in [6, 6.07) is 9.41.